The molecule has 2 aromatic carbocycles. The van der Waals surface area contributed by atoms with Gasteiger partial charge in [-0.2, -0.15) is 0 Å². The fourth-order valence-corrected chi connectivity index (χ4v) is 3.46. The van der Waals surface area contributed by atoms with Crippen molar-refractivity contribution in [3.63, 3.8) is 0 Å². The molecule has 4 aromatic rings. The fraction of sp³-hybridized carbons (Fsp3) is 0.269. The molecule has 0 aliphatic heterocycles. The number of aromatic nitrogens is 3. The van der Waals surface area contributed by atoms with Crippen molar-refractivity contribution in [3.8, 4) is 11.5 Å². The minimum absolute atomic E-state index is 0.0719. The Morgan fingerprint density at radius 1 is 1.06 bits per heavy atom. The Kier molecular flexibility index (Phi) is 6.05. The van der Waals surface area contributed by atoms with Crippen LogP contribution in [0.4, 0.5) is 17.5 Å². The zero-order valence-corrected chi connectivity index (χ0v) is 19.6. The summed E-state index contributed by atoms with van der Waals surface area (Å²) in [5, 5.41) is 6.18. The van der Waals surface area contributed by atoms with E-state index in [-0.39, 0.29) is 11.3 Å². The smallest absolute Gasteiger partial charge is 0.225 e. The van der Waals surface area contributed by atoms with E-state index in [4.69, 9.17) is 9.72 Å². The quantitative estimate of drug-likeness (QED) is 0.373. The maximum atomic E-state index is 11.6. The lowest BCUT2D eigenvalue weighted by Gasteiger charge is -2.20. The topological polar surface area (TPSA) is 81.1 Å². The first-order chi connectivity index (χ1) is 15.7. The van der Waals surface area contributed by atoms with E-state index in [0.717, 1.165) is 22.7 Å². The molecule has 0 saturated carbocycles. The van der Waals surface area contributed by atoms with Crippen LogP contribution < -0.4 is 15.4 Å². The molecule has 2 aromatic heterocycles. The Bertz CT molecular complexity index is 1300. The molecule has 2 heterocycles. The molecular formula is C26H29N5O2. The summed E-state index contributed by atoms with van der Waals surface area (Å²) in [5.74, 6) is 2.36. The van der Waals surface area contributed by atoms with Gasteiger partial charge in [0.2, 0.25) is 11.9 Å². The van der Waals surface area contributed by atoms with E-state index in [1.807, 2.05) is 35.9 Å². The molecule has 1 amide bonds. The highest BCUT2D eigenvalue weighted by atomic mass is 16.5. The predicted molar refractivity (Wildman–Crippen MR) is 132 cm³/mol. The number of rotatable bonds is 6. The Morgan fingerprint density at radius 3 is 2.61 bits per heavy atom. The van der Waals surface area contributed by atoms with Crippen LogP contribution in [-0.4, -0.2) is 20.4 Å². The Hall–Kier alpha value is -3.87. The highest BCUT2D eigenvalue weighted by molar-refractivity contribution is 5.89. The number of hydrogen-bond donors (Lipinski definition) is 2. The lowest BCUT2D eigenvalue weighted by atomic mass is 9.87. The van der Waals surface area contributed by atoms with Gasteiger partial charge in [0.15, 0.2) is 0 Å². The molecule has 4 rings (SSSR count). The molecule has 0 unspecified atom stereocenters. The van der Waals surface area contributed by atoms with E-state index < -0.39 is 0 Å². The molecule has 0 bridgehead atoms. The van der Waals surface area contributed by atoms with Crippen LogP contribution >= 0.6 is 0 Å². The minimum atomic E-state index is -0.0948. The summed E-state index contributed by atoms with van der Waals surface area (Å²) in [6.45, 7) is 8.40. The lowest BCUT2D eigenvalue weighted by Crippen LogP contribution is -2.11. The number of nitrogens with one attached hydrogen (secondary N) is 2. The molecular weight excluding hydrogens is 414 g/mol. The summed E-state index contributed by atoms with van der Waals surface area (Å²) in [5.41, 5.74) is 4.13. The number of anilines is 3. The second kappa shape index (κ2) is 8.94. The Morgan fingerprint density at radius 2 is 1.85 bits per heavy atom. The van der Waals surface area contributed by atoms with Crippen molar-refractivity contribution in [1.29, 1.82) is 0 Å². The third-order valence-corrected chi connectivity index (χ3v) is 5.39. The highest BCUT2D eigenvalue weighted by Gasteiger charge is 2.15. The number of amides is 1. The second-order valence-electron chi connectivity index (χ2n) is 8.98. The van der Waals surface area contributed by atoms with E-state index in [1.54, 1.807) is 25.3 Å². The molecule has 33 heavy (non-hydrogen) atoms. The molecule has 2 N–H and O–H groups in total. The molecule has 7 nitrogen and oxygen atoms in total. The first-order valence-electron chi connectivity index (χ1n) is 11.0. The normalized spacial score (nSPS) is 11.4. The Labute approximate surface area is 193 Å². The number of hydrogen-bond acceptors (Lipinski definition) is 5. The predicted octanol–water partition coefficient (Wildman–Crippen LogP) is 6.15. The molecule has 0 aliphatic carbocycles. The number of aryl methyl sites for hydroxylation is 1. The molecule has 0 saturated heterocycles. The third-order valence-electron chi connectivity index (χ3n) is 5.39. The van der Waals surface area contributed by atoms with E-state index in [0.29, 0.717) is 23.7 Å². The molecule has 0 radical (unpaired) electrons. The minimum Gasteiger partial charge on any atom is -0.457 e. The van der Waals surface area contributed by atoms with Gasteiger partial charge in [-0.05, 0) is 41.3 Å². The van der Waals surface area contributed by atoms with Crippen LogP contribution in [0.1, 0.15) is 39.7 Å². The van der Waals surface area contributed by atoms with Crippen molar-refractivity contribution in [2.45, 2.75) is 39.5 Å². The van der Waals surface area contributed by atoms with Gasteiger partial charge in [0.05, 0.1) is 11.0 Å². The molecule has 7 heteroatoms. The van der Waals surface area contributed by atoms with Crippen molar-refractivity contribution in [3.05, 3.63) is 66.4 Å². The van der Waals surface area contributed by atoms with Gasteiger partial charge in [0.25, 0.3) is 0 Å². The molecule has 0 aliphatic rings. The van der Waals surface area contributed by atoms with E-state index >= 15 is 0 Å². The number of carbonyl (C=O) groups excluding carboxylic acids is 1. The number of pyridine rings is 1. The van der Waals surface area contributed by atoms with Crippen molar-refractivity contribution in [2.24, 2.45) is 7.05 Å². The zero-order valence-electron chi connectivity index (χ0n) is 19.6. The van der Waals surface area contributed by atoms with Crippen molar-refractivity contribution in [2.75, 3.05) is 10.6 Å². The number of fused-ring (bicyclic) bond motifs is 1. The number of imidazole rings is 1. The summed E-state index contributed by atoms with van der Waals surface area (Å²) in [6.07, 6.45) is 1.99. The van der Waals surface area contributed by atoms with Gasteiger partial charge in [-0.1, -0.05) is 39.8 Å². The third kappa shape index (κ3) is 5.14. The summed E-state index contributed by atoms with van der Waals surface area (Å²) < 4.78 is 8.02. The van der Waals surface area contributed by atoms with Crippen LogP contribution in [-0.2, 0) is 17.3 Å². The maximum Gasteiger partial charge on any atom is 0.225 e. The number of carbonyl (C=O) groups is 1. The lowest BCUT2D eigenvalue weighted by molar-refractivity contribution is -0.115. The molecule has 170 valence electrons. The summed E-state index contributed by atoms with van der Waals surface area (Å²) in [7, 11) is 1.98. The van der Waals surface area contributed by atoms with Crippen LogP contribution in [0.3, 0.4) is 0 Å². The van der Waals surface area contributed by atoms with Gasteiger partial charge >= 0.3 is 0 Å². The van der Waals surface area contributed by atoms with Gasteiger partial charge < -0.3 is 19.9 Å². The van der Waals surface area contributed by atoms with Crippen LogP contribution in [0.5, 0.6) is 11.5 Å². The van der Waals surface area contributed by atoms with E-state index in [9.17, 15) is 4.79 Å². The van der Waals surface area contributed by atoms with Crippen LogP contribution in [0, 0.1) is 0 Å². The summed E-state index contributed by atoms with van der Waals surface area (Å²) >= 11 is 0. The Balaban J connectivity index is 1.56. The van der Waals surface area contributed by atoms with Crippen LogP contribution in [0.2, 0.25) is 0 Å². The van der Waals surface area contributed by atoms with Gasteiger partial charge in [-0.25, -0.2) is 9.97 Å². The van der Waals surface area contributed by atoms with Crippen molar-refractivity contribution < 1.29 is 9.53 Å². The average molecular weight is 444 g/mol. The highest BCUT2D eigenvalue weighted by Crippen LogP contribution is 2.30. The molecule has 0 fully saturated rings. The SMILES string of the molecule is CCC(=O)Nc1cc(Oc2ccc3c(c2)nc(Nc2cccc(C(C)(C)C)c2)n3C)ccn1. The van der Waals surface area contributed by atoms with Crippen LogP contribution in [0.25, 0.3) is 11.0 Å². The van der Waals surface area contributed by atoms with Crippen molar-refractivity contribution in [1.82, 2.24) is 14.5 Å². The van der Waals surface area contributed by atoms with Gasteiger partial charge in [0.1, 0.15) is 17.3 Å². The average Bonchev–Trinajstić information content (AvgIpc) is 3.08. The maximum absolute atomic E-state index is 11.6. The zero-order chi connectivity index (χ0) is 23.6. The van der Waals surface area contributed by atoms with Crippen LogP contribution in [0.15, 0.2) is 60.8 Å². The number of nitrogens with zero attached hydrogens (tertiary/aromatic N) is 3. The monoisotopic (exact) mass is 443 g/mol. The van der Waals surface area contributed by atoms with E-state index in [1.165, 1.54) is 5.56 Å². The standard InChI is InChI=1S/C26H29N5O2/c1-6-24(32)30-23-16-20(12-13-27-23)33-19-10-11-22-21(15-19)29-25(31(22)5)28-18-9-7-8-17(14-18)26(2,3)4/h7-16H,6H2,1-5H3,(H,28,29)(H,27,30,32). The van der Waals surface area contributed by atoms with Crippen molar-refractivity contribution >= 4 is 34.4 Å². The fourth-order valence-electron chi connectivity index (χ4n) is 3.46. The first kappa shape index (κ1) is 22.3. The van der Waals surface area contributed by atoms with Gasteiger partial charge in [-0.3, -0.25) is 4.79 Å². The number of ether oxygens (including phenoxy) is 1. The summed E-state index contributed by atoms with van der Waals surface area (Å²) in [4.78, 5) is 20.6. The first-order valence-corrected chi connectivity index (χ1v) is 11.0. The number of benzene rings is 2. The second-order valence-corrected chi connectivity index (χ2v) is 8.98. The summed E-state index contributed by atoms with van der Waals surface area (Å²) in [6, 6.07) is 17.6. The van der Waals surface area contributed by atoms with Gasteiger partial charge in [-0.15, -0.1) is 0 Å². The van der Waals surface area contributed by atoms with E-state index in [2.05, 4.69) is 54.6 Å². The molecule has 0 spiro atoms. The largest absolute Gasteiger partial charge is 0.457 e. The molecule has 0 atom stereocenters. The van der Waals surface area contributed by atoms with Gasteiger partial charge in [0, 0.05) is 37.5 Å².